The van der Waals surface area contributed by atoms with E-state index < -0.39 is 28.7 Å². The minimum atomic E-state index is -0.921. The summed E-state index contributed by atoms with van der Waals surface area (Å²) < 4.78 is 0. The first kappa shape index (κ1) is 25.9. The number of carboxylic acids is 2. The van der Waals surface area contributed by atoms with E-state index in [4.69, 9.17) is 15.3 Å². The second kappa shape index (κ2) is 13.1. The summed E-state index contributed by atoms with van der Waals surface area (Å²) in [7, 11) is 0. The fraction of sp³-hybridized carbons (Fsp3) is 0.909. The second-order valence-corrected chi connectivity index (χ2v) is 8.69. The highest BCUT2D eigenvalue weighted by atomic mass is 16.4. The molecule has 5 heteroatoms. The van der Waals surface area contributed by atoms with Gasteiger partial charge in [0.15, 0.2) is 0 Å². The van der Waals surface area contributed by atoms with E-state index in [-0.39, 0.29) is 0 Å². The van der Waals surface area contributed by atoms with Crippen molar-refractivity contribution in [2.45, 2.75) is 105 Å². The molecule has 0 saturated heterocycles. The first-order valence-corrected chi connectivity index (χ1v) is 10.7. The van der Waals surface area contributed by atoms with Crippen molar-refractivity contribution in [3.63, 3.8) is 0 Å². The Morgan fingerprint density at radius 1 is 0.852 bits per heavy atom. The van der Waals surface area contributed by atoms with Crippen LogP contribution in [0.4, 0.5) is 0 Å². The third-order valence-electron chi connectivity index (χ3n) is 6.51. The molecule has 1 saturated carbocycles. The number of carboxylic acid groups (broad SMARTS) is 2. The highest BCUT2D eigenvalue weighted by Crippen LogP contribution is 2.56. The molecular formula is C22H42O5. The Labute approximate surface area is 165 Å². The van der Waals surface area contributed by atoms with Crippen LogP contribution in [-0.4, -0.2) is 33.9 Å². The van der Waals surface area contributed by atoms with Gasteiger partial charge in [0.25, 0.3) is 0 Å². The van der Waals surface area contributed by atoms with Gasteiger partial charge < -0.3 is 15.3 Å². The molecule has 1 aliphatic rings. The Hall–Kier alpha value is -1.10. The lowest BCUT2D eigenvalue weighted by Crippen LogP contribution is -2.42. The Bertz CT molecular complexity index is 422. The van der Waals surface area contributed by atoms with E-state index in [0.29, 0.717) is 19.4 Å². The van der Waals surface area contributed by atoms with Crippen molar-refractivity contribution >= 4 is 11.9 Å². The Kier molecular flexibility index (Phi) is 12.6. The molecule has 1 rings (SSSR count). The van der Waals surface area contributed by atoms with Crippen LogP contribution in [0.3, 0.4) is 0 Å². The van der Waals surface area contributed by atoms with Crippen LogP contribution in [-0.2, 0) is 9.59 Å². The predicted molar refractivity (Wildman–Crippen MR) is 109 cm³/mol. The minimum absolute atomic E-state index is 0.372. The normalized spacial score (nSPS) is 23.5. The molecule has 3 N–H and O–H groups in total. The molecule has 0 heterocycles. The zero-order valence-corrected chi connectivity index (χ0v) is 17.9. The van der Waals surface area contributed by atoms with E-state index in [0.717, 1.165) is 6.42 Å². The van der Waals surface area contributed by atoms with Crippen LogP contribution in [0.2, 0.25) is 0 Å². The molecule has 0 aromatic rings. The van der Waals surface area contributed by atoms with E-state index in [1.54, 1.807) is 20.8 Å². The number of unbranched alkanes of at least 4 members (excludes halogenated alkanes) is 9. The Morgan fingerprint density at radius 3 is 1.59 bits per heavy atom. The predicted octanol–water partition coefficient (Wildman–Crippen LogP) is 5.50. The van der Waals surface area contributed by atoms with Crippen LogP contribution in [0, 0.1) is 16.7 Å². The number of hydrogen-bond donors (Lipinski definition) is 3. The number of aliphatic hydroxyl groups excluding tert-OH is 1. The first-order chi connectivity index (χ1) is 12.6. The molecule has 2 unspecified atom stereocenters. The molecule has 0 aromatic carbocycles. The van der Waals surface area contributed by atoms with Crippen LogP contribution in [0.5, 0.6) is 0 Å². The molecule has 1 aliphatic carbocycles. The van der Waals surface area contributed by atoms with Crippen LogP contribution in [0.25, 0.3) is 0 Å². The number of aliphatic hydroxyl groups is 1. The zero-order chi connectivity index (χ0) is 20.9. The van der Waals surface area contributed by atoms with Gasteiger partial charge >= 0.3 is 11.9 Å². The van der Waals surface area contributed by atoms with Crippen LogP contribution in [0.15, 0.2) is 0 Å². The Morgan fingerprint density at radius 2 is 1.30 bits per heavy atom. The highest BCUT2D eigenvalue weighted by molar-refractivity contribution is 5.80. The molecule has 5 nitrogen and oxygen atoms in total. The maximum atomic E-state index is 11.1. The fourth-order valence-electron chi connectivity index (χ4n) is 3.91. The van der Waals surface area contributed by atoms with Gasteiger partial charge in [-0.15, -0.1) is 0 Å². The minimum Gasteiger partial charge on any atom is -0.481 e. The summed E-state index contributed by atoms with van der Waals surface area (Å²) in [5.41, 5.74) is -1.61. The van der Waals surface area contributed by atoms with E-state index in [1.807, 2.05) is 0 Å². The van der Waals surface area contributed by atoms with Crippen molar-refractivity contribution < 1.29 is 24.9 Å². The van der Waals surface area contributed by atoms with Gasteiger partial charge in [-0.25, -0.2) is 0 Å². The number of rotatable bonds is 12. The van der Waals surface area contributed by atoms with Gasteiger partial charge in [0, 0.05) is 6.61 Å². The third-order valence-corrected chi connectivity index (χ3v) is 6.51. The molecule has 0 radical (unpaired) electrons. The summed E-state index contributed by atoms with van der Waals surface area (Å²) in [6.07, 6.45) is 14.2. The molecule has 2 atom stereocenters. The monoisotopic (exact) mass is 386 g/mol. The topological polar surface area (TPSA) is 94.8 Å². The average Bonchev–Trinajstić information content (AvgIpc) is 2.85. The molecule has 0 aliphatic heterocycles. The van der Waals surface area contributed by atoms with Crippen LogP contribution in [0.1, 0.15) is 105 Å². The molecule has 0 aromatic heterocycles. The van der Waals surface area contributed by atoms with Crippen molar-refractivity contribution in [2.75, 3.05) is 6.61 Å². The summed E-state index contributed by atoms with van der Waals surface area (Å²) in [6, 6.07) is 0. The molecule has 0 amide bonds. The van der Waals surface area contributed by atoms with Gasteiger partial charge in [0.1, 0.15) is 0 Å². The standard InChI is InChI=1S/C12H26O.C10H16O4/c1-2-3-4-5-6-7-8-9-10-11-12-13;1-9(2)6(7(11)12)4-5-10(9,3)8(13)14/h13H,2-12H2,1H3;6H,4-5H2,1-3H3,(H,11,12)(H,13,14). The van der Waals surface area contributed by atoms with Crippen molar-refractivity contribution in [3.8, 4) is 0 Å². The van der Waals surface area contributed by atoms with Crippen molar-refractivity contribution in [3.05, 3.63) is 0 Å². The summed E-state index contributed by atoms with van der Waals surface area (Å²) in [4.78, 5) is 22.0. The molecule has 1 fully saturated rings. The molecule has 160 valence electrons. The molecule has 0 spiro atoms. The maximum Gasteiger partial charge on any atom is 0.309 e. The van der Waals surface area contributed by atoms with Gasteiger partial charge in [-0.2, -0.15) is 0 Å². The van der Waals surface area contributed by atoms with E-state index in [9.17, 15) is 9.59 Å². The van der Waals surface area contributed by atoms with Gasteiger partial charge in [-0.05, 0) is 31.6 Å². The van der Waals surface area contributed by atoms with Crippen molar-refractivity contribution in [2.24, 2.45) is 16.7 Å². The molecule has 27 heavy (non-hydrogen) atoms. The summed E-state index contributed by atoms with van der Waals surface area (Å²) in [5, 5.41) is 26.7. The van der Waals surface area contributed by atoms with E-state index >= 15 is 0 Å². The first-order valence-electron chi connectivity index (χ1n) is 10.7. The van der Waals surface area contributed by atoms with Crippen molar-refractivity contribution in [1.82, 2.24) is 0 Å². The number of carbonyl (C=O) groups is 2. The smallest absolute Gasteiger partial charge is 0.309 e. The van der Waals surface area contributed by atoms with Gasteiger partial charge in [-0.1, -0.05) is 78.6 Å². The molecule has 0 bridgehead atoms. The number of aliphatic carboxylic acids is 2. The quantitative estimate of drug-likeness (QED) is 0.385. The highest BCUT2D eigenvalue weighted by Gasteiger charge is 2.58. The summed E-state index contributed by atoms with van der Waals surface area (Å²) in [5.74, 6) is -2.34. The SMILES string of the molecule is CC1(C(=O)O)CCC(C(=O)O)C1(C)C.CCCCCCCCCCCCO. The zero-order valence-electron chi connectivity index (χ0n) is 17.9. The average molecular weight is 387 g/mol. The van der Waals surface area contributed by atoms with Gasteiger partial charge in [-0.3, -0.25) is 9.59 Å². The fourth-order valence-corrected chi connectivity index (χ4v) is 3.91. The number of hydrogen-bond acceptors (Lipinski definition) is 3. The molecular weight excluding hydrogens is 344 g/mol. The largest absolute Gasteiger partial charge is 0.481 e. The summed E-state index contributed by atoms with van der Waals surface area (Å²) >= 11 is 0. The van der Waals surface area contributed by atoms with E-state index in [1.165, 1.54) is 57.8 Å². The third kappa shape index (κ3) is 8.20. The lowest BCUT2D eigenvalue weighted by atomic mass is 9.66. The van der Waals surface area contributed by atoms with Crippen LogP contribution < -0.4 is 0 Å². The Balaban J connectivity index is 0.000000503. The van der Waals surface area contributed by atoms with Crippen molar-refractivity contribution in [1.29, 1.82) is 0 Å². The lowest BCUT2D eigenvalue weighted by molar-refractivity contribution is -0.157. The van der Waals surface area contributed by atoms with Crippen LogP contribution >= 0.6 is 0 Å². The maximum absolute atomic E-state index is 11.1. The van der Waals surface area contributed by atoms with E-state index in [2.05, 4.69) is 6.92 Å². The van der Waals surface area contributed by atoms with Gasteiger partial charge in [0.05, 0.1) is 11.3 Å². The lowest BCUT2D eigenvalue weighted by Gasteiger charge is -2.36. The van der Waals surface area contributed by atoms with Gasteiger partial charge in [0.2, 0.25) is 0 Å². The second-order valence-electron chi connectivity index (χ2n) is 8.69. The summed E-state index contributed by atoms with van der Waals surface area (Å²) in [6.45, 7) is 7.73.